The molecule has 0 bridgehead atoms. The molecule has 0 spiro atoms. The summed E-state index contributed by atoms with van der Waals surface area (Å²) in [5, 5.41) is 5.69. The molecule has 4 rings (SSSR count). The lowest BCUT2D eigenvalue weighted by Crippen LogP contribution is -2.14. The molecule has 1 N–H and O–H groups in total. The van der Waals surface area contributed by atoms with Crippen molar-refractivity contribution in [2.45, 2.75) is 19.1 Å². The molecule has 1 atom stereocenters. The summed E-state index contributed by atoms with van der Waals surface area (Å²) in [7, 11) is 0. The van der Waals surface area contributed by atoms with Crippen LogP contribution in [0.3, 0.4) is 0 Å². The third kappa shape index (κ3) is 4.46. The summed E-state index contributed by atoms with van der Waals surface area (Å²) in [6, 6.07) is 13.4. The van der Waals surface area contributed by atoms with E-state index in [1.807, 2.05) is 42.6 Å². The third-order valence-electron chi connectivity index (χ3n) is 4.28. The average molecular weight is 427 g/mol. The summed E-state index contributed by atoms with van der Waals surface area (Å²) in [6.45, 7) is 1.83. The van der Waals surface area contributed by atoms with Crippen LogP contribution in [-0.4, -0.2) is 19.9 Å². The molecule has 0 amide bonds. The van der Waals surface area contributed by atoms with Gasteiger partial charge in [-0.1, -0.05) is 30.3 Å². The summed E-state index contributed by atoms with van der Waals surface area (Å²) in [5.74, 6) is 0.0548. The number of halogens is 3. The predicted molar refractivity (Wildman–Crippen MR) is 110 cm³/mol. The standard InChI is InChI=1S/C21H16F3N5S/c1-13(20-27-16(12-30-20)14-5-3-2-4-6-14)26-18-11-17(21(22,23)24)28-19(29-18)15-7-9-25-10-8-15/h2-13H,1H3,(H,26,28,29). The van der Waals surface area contributed by atoms with E-state index in [2.05, 4.69) is 25.3 Å². The van der Waals surface area contributed by atoms with E-state index in [4.69, 9.17) is 0 Å². The van der Waals surface area contributed by atoms with E-state index < -0.39 is 11.9 Å². The Morgan fingerprint density at radius 1 is 0.933 bits per heavy atom. The maximum atomic E-state index is 13.4. The molecule has 0 aliphatic heterocycles. The smallest absolute Gasteiger partial charge is 0.361 e. The molecule has 5 nitrogen and oxygen atoms in total. The van der Waals surface area contributed by atoms with E-state index >= 15 is 0 Å². The SMILES string of the molecule is CC(Nc1cc(C(F)(F)F)nc(-c2ccncc2)n1)c1nc(-c2ccccc2)cs1. The number of aromatic nitrogens is 4. The van der Waals surface area contributed by atoms with Crippen LogP contribution < -0.4 is 5.32 Å². The zero-order valence-corrected chi connectivity index (χ0v) is 16.6. The first kappa shape index (κ1) is 20.0. The maximum Gasteiger partial charge on any atom is 0.433 e. The van der Waals surface area contributed by atoms with Crippen molar-refractivity contribution in [1.29, 1.82) is 0 Å². The summed E-state index contributed by atoms with van der Waals surface area (Å²) in [5.41, 5.74) is 1.24. The normalized spacial score (nSPS) is 12.5. The summed E-state index contributed by atoms with van der Waals surface area (Å²) >= 11 is 1.43. The van der Waals surface area contributed by atoms with E-state index in [9.17, 15) is 13.2 Å². The van der Waals surface area contributed by atoms with E-state index in [-0.39, 0.29) is 17.7 Å². The van der Waals surface area contributed by atoms with Gasteiger partial charge in [-0.15, -0.1) is 11.3 Å². The molecule has 1 unspecified atom stereocenters. The first-order chi connectivity index (χ1) is 14.4. The van der Waals surface area contributed by atoms with Gasteiger partial charge in [0.2, 0.25) is 0 Å². The summed E-state index contributed by atoms with van der Waals surface area (Å²) in [4.78, 5) is 16.4. The van der Waals surface area contributed by atoms with Gasteiger partial charge in [0, 0.05) is 35.0 Å². The Balaban J connectivity index is 1.63. The molecular weight excluding hydrogens is 411 g/mol. The highest BCUT2D eigenvalue weighted by Gasteiger charge is 2.34. The van der Waals surface area contributed by atoms with Gasteiger partial charge in [0.15, 0.2) is 11.5 Å². The van der Waals surface area contributed by atoms with Crippen LogP contribution in [0.5, 0.6) is 0 Å². The molecule has 3 aromatic heterocycles. The van der Waals surface area contributed by atoms with Crippen LogP contribution in [0, 0.1) is 0 Å². The van der Waals surface area contributed by atoms with Gasteiger partial charge in [-0.25, -0.2) is 15.0 Å². The highest BCUT2D eigenvalue weighted by Crippen LogP contribution is 2.32. The van der Waals surface area contributed by atoms with Gasteiger partial charge < -0.3 is 5.32 Å². The van der Waals surface area contributed by atoms with Crippen molar-refractivity contribution < 1.29 is 13.2 Å². The number of alkyl halides is 3. The van der Waals surface area contributed by atoms with E-state index in [1.165, 1.54) is 23.7 Å². The Morgan fingerprint density at radius 3 is 2.37 bits per heavy atom. The number of nitrogens with one attached hydrogen (secondary N) is 1. The zero-order chi connectivity index (χ0) is 21.1. The van der Waals surface area contributed by atoms with Gasteiger partial charge in [0.05, 0.1) is 11.7 Å². The molecule has 0 saturated carbocycles. The first-order valence-corrected chi connectivity index (χ1v) is 9.92. The molecule has 4 aromatic rings. The maximum absolute atomic E-state index is 13.4. The van der Waals surface area contributed by atoms with E-state index in [1.54, 1.807) is 12.1 Å². The molecule has 1 aromatic carbocycles. The molecule has 0 aliphatic rings. The molecule has 0 aliphatic carbocycles. The van der Waals surface area contributed by atoms with E-state index in [0.29, 0.717) is 5.56 Å². The van der Waals surface area contributed by atoms with Crippen LogP contribution in [0.1, 0.15) is 23.7 Å². The molecule has 0 fully saturated rings. The Morgan fingerprint density at radius 2 is 1.67 bits per heavy atom. The number of benzene rings is 1. The highest BCUT2D eigenvalue weighted by molar-refractivity contribution is 7.10. The number of nitrogens with zero attached hydrogens (tertiary/aromatic N) is 4. The molecule has 0 saturated heterocycles. The number of thiazole rings is 1. The monoisotopic (exact) mass is 427 g/mol. The fraction of sp³-hybridized carbons (Fsp3) is 0.143. The lowest BCUT2D eigenvalue weighted by atomic mass is 10.2. The molecule has 30 heavy (non-hydrogen) atoms. The van der Waals surface area contributed by atoms with Gasteiger partial charge in [0.25, 0.3) is 0 Å². The number of hydrogen-bond acceptors (Lipinski definition) is 6. The number of rotatable bonds is 5. The van der Waals surface area contributed by atoms with Crippen molar-refractivity contribution in [2.75, 3.05) is 5.32 Å². The minimum Gasteiger partial charge on any atom is -0.361 e. The zero-order valence-electron chi connectivity index (χ0n) is 15.8. The van der Waals surface area contributed by atoms with Crippen LogP contribution in [0.25, 0.3) is 22.6 Å². The number of pyridine rings is 1. The van der Waals surface area contributed by atoms with Crippen LogP contribution >= 0.6 is 11.3 Å². The number of anilines is 1. The third-order valence-corrected chi connectivity index (χ3v) is 5.31. The topological polar surface area (TPSA) is 63.6 Å². The average Bonchev–Trinajstić information content (AvgIpc) is 3.25. The molecule has 0 radical (unpaired) electrons. The van der Waals surface area contributed by atoms with Gasteiger partial charge in [-0.2, -0.15) is 13.2 Å². The molecular formula is C21H16F3N5S. The predicted octanol–water partition coefficient (Wildman–Crippen LogP) is 5.85. The van der Waals surface area contributed by atoms with Gasteiger partial charge >= 0.3 is 6.18 Å². The molecule has 9 heteroatoms. The second-order valence-electron chi connectivity index (χ2n) is 6.50. The minimum absolute atomic E-state index is 0.0222. The summed E-state index contributed by atoms with van der Waals surface area (Å²) in [6.07, 6.45) is -1.63. The van der Waals surface area contributed by atoms with Crippen molar-refractivity contribution in [3.8, 4) is 22.6 Å². The van der Waals surface area contributed by atoms with Gasteiger partial charge in [0.1, 0.15) is 10.8 Å². The molecule has 3 heterocycles. The lowest BCUT2D eigenvalue weighted by molar-refractivity contribution is -0.141. The minimum atomic E-state index is -4.59. The Kier molecular flexibility index (Phi) is 5.45. The van der Waals surface area contributed by atoms with Crippen molar-refractivity contribution in [1.82, 2.24) is 19.9 Å². The van der Waals surface area contributed by atoms with Crippen LogP contribution in [-0.2, 0) is 6.18 Å². The van der Waals surface area contributed by atoms with Crippen molar-refractivity contribution in [2.24, 2.45) is 0 Å². The van der Waals surface area contributed by atoms with E-state index in [0.717, 1.165) is 22.3 Å². The van der Waals surface area contributed by atoms with Crippen LogP contribution in [0.15, 0.2) is 66.3 Å². The summed E-state index contributed by atoms with van der Waals surface area (Å²) < 4.78 is 40.1. The van der Waals surface area contributed by atoms with Crippen LogP contribution in [0.2, 0.25) is 0 Å². The quantitative estimate of drug-likeness (QED) is 0.433. The largest absolute Gasteiger partial charge is 0.433 e. The second kappa shape index (κ2) is 8.19. The van der Waals surface area contributed by atoms with Gasteiger partial charge in [-0.05, 0) is 19.1 Å². The van der Waals surface area contributed by atoms with Crippen molar-refractivity contribution >= 4 is 17.2 Å². The fourth-order valence-corrected chi connectivity index (χ4v) is 3.64. The Hall–Kier alpha value is -3.33. The first-order valence-electron chi connectivity index (χ1n) is 9.04. The highest BCUT2D eigenvalue weighted by atomic mass is 32.1. The molecule has 152 valence electrons. The van der Waals surface area contributed by atoms with Gasteiger partial charge in [-0.3, -0.25) is 4.98 Å². The van der Waals surface area contributed by atoms with Crippen molar-refractivity contribution in [3.05, 3.63) is 77.0 Å². The number of hydrogen-bond donors (Lipinski definition) is 1. The van der Waals surface area contributed by atoms with Crippen LogP contribution in [0.4, 0.5) is 19.0 Å². The fourth-order valence-electron chi connectivity index (χ4n) is 2.81. The lowest BCUT2D eigenvalue weighted by Gasteiger charge is -2.15. The Bertz CT molecular complexity index is 1130. The second-order valence-corrected chi connectivity index (χ2v) is 7.39. The Labute approximate surface area is 174 Å². The van der Waals surface area contributed by atoms with Crippen molar-refractivity contribution in [3.63, 3.8) is 0 Å².